The van der Waals surface area contributed by atoms with Crippen molar-refractivity contribution in [3.8, 4) is 5.75 Å². The summed E-state index contributed by atoms with van der Waals surface area (Å²) < 4.78 is 32.4. The minimum Gasteiger partial charge on any atom is -0.492 e. The van der Waals surface area contributed by atoms with Gasteiger partial charge in [0.2, 0.25) is 10.0 Å². The van der Waals surface area contributed by atoms with Gasteiger partial charge in [-0.15, -0.1) is 11.3 Å². The minimum atomic E-state index is -3.42. The maximum absolute atomic E-state index is 12.0. The molecule has 0 unspecified atom stereocenters. The van der Waals surface area contributed by atoms with Gasteiger partial charge in [0.05, 0.1) is 0 Å². The van der Waals surface area contributed by atoms with Crippen LogP contribution in [-0.2, 0) is 16.4 Å². The number of ether oxygens (including phenoxy) is 1. The van der Waals surface area contributed by atoms with Crippen LogP contribution in [-0.4, -0.2) is 21.6 Å². The van der Waals surface area contributed by atoms with Gasteiger partial charge in [0.1, 0.15) is 16.6 Å². The first-order chi connectivity index (χ1) is 10.0. The zero-order chi connectivity index (χ0) is 15.3. The second-order valence-electron chi connectivity index (χ2n) is 4.61. The van der Waals surface area contributed by atoms with E-state index in [9.17, 15) is 8.42 Å². The zero-order valence-corrected chi connectivity index (χ0v) is 13.8. The number of rotatable bonds is 7. The van der Waals surface area contributed by atoms with Gasteiger partial charge in [-0.05, 0) is 43.2 Å². The topological polar surface area (TPSA) is 55.4 Å². The molecule has 1 aromatic carbocycles. The fourth-order valence-corrected chi connectivity index (χ4v) is 4.13. The molecule has 6 heteroatoms. The van der Waals surface area contributed by atoms with Crippen LogP contribution in [0, 0.1) is 6.92 Å². The van der Waals surface area contributed by atoms with Gasteiger partial charge in [0.15, 0.2) is 0 Å². The van der Waals surface area contributed by atoms with Crippen LogP contribution in [0.2, 0.25) is 0 Å². The van der Waals surface area contributed by atoms with Crippen molar-refractivity contribution in [2.75, 3.05) is 13.2 Å². The minimum absolute atomic E-state index is 0.245. The molecule has 0 amide bonds. The van der Waals surface area contributed by atoms with E-state index in [1.807, 2.05) is 31.2 Å². The number of aryl methyl sites for hydroxylation is 2. The maximum Gasteiger partial charge on any atom is 0.250 e. The van der Waals surface area contributed by atoms with Crippen molar-refractivity contribution < 1.29 is 13.2 Å². The lowest BCUT2D eigenvalue weighted by Crippen LogP contribution is -2.27. The summed E-state index contributed by atoms with van der Waals surface area (Å²) in [5.41, 5.74) is 1.25. The molecule has 0 atom stereocenters. The number of sulfonamides is 1. The van der Waals surface area contributed by atoms with Crippen molar-refractivity contribution >= 4 is 21.4 Å². The molecule has 1 aromatic heterocycles. The fourth-order valence-electron chi connectivity index (χ4n) is 1.79. The lowest BCUT2D eigenvalue weighted by Gasteiger charge is -2.08. The molecule has 0 bridgehead atoms. The Morgan fingerprint density at radius 2 is 1.86 bits per heavy atom. The molecule has 1 heterocycles. The number of thiophene rings is 1. The van der Waals surface area contributed by atoms with Gasteiger partial charge in [0.25, 0.3) is 0 Å². The zero-order valence-electron chi connectivity index (χ0n) is 12.1. The molecule has 4 nitrogen and oxygen atoms in total. The van der Waals surface area contributed by atoms with Crippen LogP contribution in [0.4, 0.5) is 0 Å². The largest absolute Gasteiger partial charge is 0.492 e. The molecule has 0 aliphatic carbocycles. The van der Waals surface area contributed by atoms with E-state index in [0.29, 0.717) is 10.8 Å². The van der Waals surface area contributed by atoms with Gasteiger partial charge in [-0.1, -0.05) is 19.1 Å². The molecule has 0 spiro atoms. The van der Waals surface area contributed by atoms with Crippen molar-refractivity contribution in [1.82, 2.24) is 4.72 Å². The van der Waals surface area contributed by atoms with Crippen LogP contribution in [0.1, 0.15) is 17.4 Å². The number of nitrogens with one attached hydrogen (secondary N) is 1. The van der Waals surface area contributed by atoms with Crippen molar-refractivity contribution in [3.05, 3.63) is 46.8 Å². The van der Waals surface area contributed by atoms with E-state index >= 15 is 0 Å². The maximum atomic E-state index is 12.0. The van der Waals surface area contributed by atoms with Gasteiger partial charge in [-0.2, -0.15) is 0 Å². The first kappa shape index (κ1) is 16.0. The van der Waals surface area contributed by atoms with Crippen LogP contribution in [0.5, 0.6) is 5.75 Å². The second-order valence-corrected chi connectivity index (χ2v) is 7.89. The summed E-state index contributed by atoms with van der Waals surface area (Å²) >= 11 is 1.26. The summed E-state index contributed by atoms with van der Waals surface area (Å²) in [7, 11) is -3.42. The predicted molar refractivity (Wildman–Crippen MR) is 85.6 cm³/mol. The smallest absolute Gasteiger partial charge is 0.250 e. The highest BCUT2D eigenvalue weighted by molar-refractivity contribution is 7.91. The summed E-state index contributed by atoms with van der Waals surface area (Å²) in [5, 5.41) is 0. The number of hydrogen-bond donors (Lipinski definition) is 1. The molecule has 1 N–H and O–H groups in total. The third-order valence-corrected chi connectivity index (χ3v) is 5.93. The van der Waals surface area contributed by atoms with Gasteiger partial charge >= 0.3 is 0 Å². The van der Waals surface area contributed by atoms with Gasteiger partial charge in [-0.25, -0.2) is 13.1 Å². The average molecular weight is 325 g/mol. The van der Waals surface area contributed by atoms with Crippen molar-refractivity contribution in [2.24, 2.45) is 0 Å². The Bertz CT molecular complexity index is 675. The quantitative estimate of drug-likeness (QED) is 0.796. The van der Waals surface area contributed by atoms with Gasteiger partial charge in [0, 0.05) is 11.4 Å². The third-order valence-electron chi connectivity index (χ3n) is 2.98. The van der Waals surface area contributed by atoms with E-state index in [1.165, 1.54) is 16.9 Å². The Hall–Kier alpha value is -1.37. The lowest BCUT2D eigenvalue weighted by atomic mass is 10.2. The van der Waals surface area contributed by atoms with E-state index in [1.54, 1.807) is 12.1 Å². The molecule has 0 aliphatic rings. The summed E-state index contributed by atoms with van der Waals surface area (Å²) in [6, 6.07) is 11.2. The third kappa shape index (κ3) is 4.56. The van der Waals surface area contributed by atoms with E-state index in [4.69, 9.17) is 4.74 Å². The Kier molecular flexibility index (Phi) is 5.39. The van der Waals surface area contributed by atoms with Crippen molar-refractivity contribution in [3.63, 3.8) is 0 Å². The van der Waals surface area contributed by atoms with Crippen LogP contribution in [0.25, 0.3) is 0 Å². The normalized spacial score (nSPS) is 11.5. The molecule has 2 rings (SSSR count). The van der Waals surface area contributed by atoms with Gasteiger partial charge < -0.3 is 4.74 Å². The highest BCUT2D eigenvalue weighted by Gasteiger charge is 2.15. The van der Waals surface area contributed by atoms with Crippen LogP contribution in [0.15, 0.2) is 40.6 Å². The van der Waals surface area contributed by atoms with Crippen molar-refractivity contribution in [2.45, 2.75) is 24.5 Å². The first-order valence-electron chi connectivity index (χ1n) is 6.79. The standard InChI is InChI=1S/C15H19NO3S2/c1-3-13-5-7-14(8-6-13)19-11-10-16-21(17,18)15-9-4-12(2)20-15/h4-9,16H,3,10-11H2,1-2H3. The number of hydrogen-bond acceptors (Lipinski definition) is 4. The summed E-state index contributed by atoms with van der Waals surface area (Å²) in [5.74, 6) is 0.748. The predicted octanol–water partition coefficient (Wildman–Crippen LogP) is 2.98. The molecular weight excluding hydrogens is 306 g/mol. The van der Waals surface area contributed by atoms with Crippen LogP contribution >= 0.6 is 11.3 Å². The highest BCUT2D eigenvalue weighted by atomic mass is 32.2. The van der Waals surface area contributed by atoms with E-state index in [-0.39, 0.29) is 6.54 Å². The SMILES string of the molecule is CCc1ccc(OCCNS(=O)(=O)c2ccc(C)s2)cc1. The summed E-state index contributed by atoms with van der Waals surface area (Å²) in [4.78, 5) is 0.975. The molecule has 0 saturated carbocycles. The monoisotopic (exact) mass is 325 g/mol. The molecule has 0 saturated heterocycles. The Balaban J connectivity index is 1.81. The van der Waals surface area contributed by atoms with Crippen LogP contribution < -0.4 is 9.46 Å². The Labute approximate surface area is 129 Å². The summed E-state index contributed by atoms with van der Waals surface area (Å²) in [6.45, 7) is 4.52. The summed E-state index contributed by atoms with van der Waals surface area (Å²) in [6.07, 6.45) is 0.986. The van der Waals surface area contributed by atoms with Crippen molar-refractivity contribution in [1.29, 1.82) is 0 Å². The number of benzene rings is 1. The van der Waals surface area contributed by atoms with E-state index in [2.05, 4.69) is 11.6 Å². The average Bonchev–Trinajstić information content (AvgIpc) is 2.92. The molecule has 0 aliphatic heterocycles. The Morgan fingerprint density at radius 3 is 2.43 bits per heavy atom. The molecule has 114 valence electrons. The fraction of sp³-hybridized carbons (Fsp3) is 0.333. The van der Waals surface area contributed by atoms with E-state index in [0.717, 1.165) is 17.0 Å². The molecule has 0 fully saturated rings. The molecule has 2 aromatic rings. The second kappa shape index (κ2) is 7.06. The molecular formula is C15H19NO3S2. The molecule has 21 heavy (non-hydrogen) atoms. The van der Waals surface area contributed by atoms with Crippen LogP contribution in [0.3, 0.4) is 0 Å². The van der Waals surface area contributed by atoms with E-state index < -0.39 is 10.0 Å². The molecule has 0 radical (unpaired) electrons. The lowest BCUT2D eigenvalue weighted by molar-refractivity contribution is 0.323. The highest BCUT2D eigenvalue weighted by Crippen LogP contribution is 2.20. The van der Waals surface area contributed by atoms with Gasteiger partial charge in [-0.3, -0.25) is 0 Å². The Morgan fingerprint density at radius 1 is 1.14 bits per heavy atom. The first-order valence-corrected chi connectivity index (χ1v) is 9.09.